The quantitative estimate of drug-likeness (QED) is 0.266. The largest absolute Gasteiger partial charge is 2.00 e. The van der Waals surface area contributed by atoms with Gasteiger partial charge in [0.15, 0.2) is 0 Å². The van der Waals surface area contributed by atoms with Gasteiger partial charge in [-0.05, 0) is 0 Å². The zero-order valence-electron chi connectivity index (χ0n) is 5.29. The molecule has 0 saturated carbocycles. The molecule has 0 aromatic heterocycles. The molecule has 0 aliphatic carbocycles. The second kappa shape index (κ2) is 5.63. The number of hydrogen-bond donors (Lipinski definition) is 0. The van der Waals surface area contributed by atoms with Crippen LogP contribution in [0.5, 0.6) is 0 Å². The summed E-state index contributed by atoms with van der Waals surface area (Å²) in [5, 5.41) is 0. The molecule has 0 N–H and O–H groups in total. The summed E-state index contributed by atoms with van der Waals surface area (Å²) in [6, 6.07) is 0. The maximum atomic E-state index is 3.77. The Bertz CT molecular complexity index is 23.6. The van der Waals surface area contributed by atoms with E-state index in [0.717, 1.165) is 0 Å². The molecule has 0 bridgehead atoms. The Balaban J connectivity index is -0.0000000800. The van der Waals surface area contributed by atoms with Crippen LogP contribution in [0.2, 0.25) is 0 Å². The third kappa shape index (κ3) is 101. The summed E-state index contributed by atoms with van der Waals surface area (Å²) < 4.78 is 0. The van der Waals surface area contributed by atoms with Crippen molar-refractivity contribution in [2.24, 2.45) is 5.41 Å². The molecule has 0 spiro atoms. The van der Waals surface area contributed by atoms with Crippen molar-refractivity contribution in [3.8, 4) is 0 Å². The molecule has 0 amide bonds. The molecular formula is C5H11IMg. The van der Waals surface area contributed by atoms with Gasteiger partial charge in [0, 0.05) is 0 Å². The van der Waals surface area contributed by atoms with Crippen molar-refractivity contribution in [2.45, 2.75) is 20.8 Å². The topological polar surface area (TPSA) is 0 Å². The summed E-state index contributed by atoms with van der Waals surface area (Å²) in [7, 11) is 0. The van der Waals surface area contributed by atoms with E-state index in [1.807, 2.05) is 0 Å². The molecule has 0 saturated heterocycles. The van der Waals surface area contributed by atoms with Gasteiger partial charge in [0.1, 0.15) is 0 Å². The molecule has 2 heteroatoms. The molecule has 0 radical (unpaired) electrons. The Morgan fingerprint density at radius 2 is 1.14 bits per heavy atom. The predicted octanol–water partition coefficient (Wildman–Crippen LogP) is -1.51. The summed E-state index contributed by atoms with van der Waals surface area (Å²) in [5.41, 5.74) is 0.250. The smallest absolute Gasteiger partial charge is 1.00 e. The second-order valence-electron chi connectivity index (χ2n) is 2.56. The summed E-state index contributed by atoms with van der Waals surface area (Å²) in [6.45, 7) is 10.0. The molecule has 40 valence electrons. The molecule has 0 aliphatic heterocycles. The van der Waals surface area contributed by atoms with Gasteiger partial charge >= 0.3 is 23.1 Å². The minimum Gasteiger partial charge on any atom is -1.00 e. The van der Waals surface area contributed by atoms with Crippen molar-refractivity contribution in [2.75, 3.05) is 0 Å². The first-order valence-corrected chi connectivity index (χ1v) is 1.85. The van der Waals surface area contributed by atoms with E-state index in [2.05, 4.69) is 27.7 Å². The Kier molecular flexibility index (Phi) is 12.7. The van der Waals surface area contributed by atoms with E-state index in [9.17, 15) is 0 Å². The van der Waals surface area contributed by atoms with E-state index in [1.165, 1.54) is 0 Å². The van der Waals surface area contributed by atoms with Crippen LogP contribution in [-0.2, 0) is 0 Å². The Labute approximate surface area is 79.6 Å². The molecule has 0 nitrogen and oxygen atoms in total. The van der Waals surface area contributed by atoms with E-state index in [-0.39, 0.29) is 52.4 Å². The minimum absolute atomic E-state index is 0. The molecule has 0 aromatic rings. The molecule has 0 atom stereocenters. The van der Waals surface area contributed by atoms with Crippen LogP contribution in [0.3, 0.4) is 0 Å². The van der Waals surface area contributed by atoms with E-state index < -0.39 is 0 Å². The van der Waals surface area contributed by atoms with Crippen LogP contribution in [0.4, 0.5) is 0 Å². The number of halogens is 1. The average Bonchev–Trinajstić information content (AvgIpc) is 0.722. The van der Waals surface area contributed by atoms with Crippen LogP contribution in [0.15, 0.2) is 0 Å². The standard InChI is InChI=1S/C5H11.HI.Mg/c1-5(2,3)4;;/h1H2,2-4H3;1H;/q-1;;+2/p-1. The molecule has 0 fully saturated rings. The van der Waals surface area contributed by atoms with Crippen molar-refractivity contribution in [3.63, 3.8) is 0 Å². The Hall–Kier alpha value is 1.50. The van der Waals surface area contributed by atoms with Crippen LogP contribution in [0, 0.1) is 12.3 Å². The van der Waals surface area contributed by atoms with E-state index in [4.69, 9.17) is 0 Å². The molecule has 0 unspecified atom stereocenters. The fourth-order valence-corrected chi connectivity index (χ4v) is 0. The fraction of sp³-hybridized carbons (Fsp3) is 0.800. The first-order chi connectivity index (χ1) is 2.00. The number of hydrogen-bond acceptors (Lipinski definition) is 0. The van der Waals surface area contributed by atoms with Gasteiger partial charge in [-0.2, -0.15) is 5.41 Å². The van der Waals surface area contributed by atoms with E-state index in [0.29, 0.717) is 0 Å². The molecule has 7 heavy (non-hydrogen) atoms. The molecular weight excluding hydrogens is 211 g/mol. The van der Waals surface area contributed by atoms with Crippen molar-refractivity contribution in [1.29, 1.82) is 0 Å². The van der Waals surface area contributed by atoms with Crippen molar-refractivity contribution >= 4 is 23.1 Å². The second-order valence-corrected chi connectivity index (χ2v) is 2.56. The minimum atomic E-state index is 0. The summed E-state index contributed by atoms with van der Waals surface area (Å²) in [5.74, 6) is 0. The third-order valence-corrected chi connectivity index (χ3v) is 0. The first-order valence-electron chi connectivity index (χ1n) is 1.85. The van der Waals surface area contributed by atoms with Crippen molar-refractivity contribution < 1.29 is 24.0 Å². The van der Waals surface area contributed by atoms with Crippen LogP contribution in [0.1, 0.15) is 20.8 Å². The van der Waals surface area contributed by atoms with Crippen LogP contribution in [0.25, 0.3) is 0 Å². The fourth-order valence-electron chi connectivity index (χ4n) is 0. The van der Waals surface area contributed by atoms with E-state index in [1.54, 1.807) is 0 Å². The Morgan fingerprint density at radius 1 is 1.14 bits per heavy atom. The third-order valence-electron chi connectivity index (χ3n) is 0. The van der Waals surface area contributed by atoms with Crippen LogP contribution in [-0.4, -0.2) is 23.1 Å². The monoisotopic (exact) mass is 222 g/mol. The van der Waals surface area contributed by atoms with Crippen molar-refractivity contribution in [1.82, 2.24) is 0 Å². The molecule has 0 rings (SSSR count). The average molecular weight is 222 g/mol. The first kappa shape index (κ1) is 15.8. The van der Waals surface area contributed by atoms with E-state index >= 15 is 0 Å². The maximum Gasteiger partial charge on any atom is 2.00 e. The zero-order chi connectivity index (χ0) is 4.50. The maximum absolute atomic E-state index is 3.77. The van der Waals surface area contributed by atoms with Gasteiger partial charge in [-0.3, -0.25) is 0 Å². The number of rotatable bonds is 0. The molecule has 0 aromatic carbocycles. The predicted molar refractivity (Wildman–Crippen MR) is 30.6 cm³/mol. The SMILES string of the molecule is [CH2-]C(C)(C)C.[I-].[Mg+2]. The van der Waals surface area contributed by atoms with Gasteiger partial charge in [-0.25, -0.2) is 0 Å². The Morgan fingerprint density at radius 3 is 1.14 bits per heavy atom. The van der Waals surface area contributed by atoms with Crippen LogP contribution < -0.4 is 24.0 Å². The van der Waals surface area contributed by atoms with Gasteiger partial charge in [0.2, 0.25) is 0 Å². The zero-order valence-corrected chi connectivity index (χ0v) is 8.86. The normalized spacial score (nSPS) is 8.57. The van der Waals surface area contributed by atoms with Gasteiger partial charge in [-0.1, -0.05) is 20.8 Å². The van der Waals surface area contributed by atoms with Crippen LogP contribution >= 0.6 is 0 Å². The van der Waals surface area contributed by atoms with Gasteiger partial charge in [-0.15, -0.1) is 0 Å². The molecule has 0 aliphatic rings. The summed E-state index contributed by atoms with van der Waals surface area (Å²) >= 11 is 0. The molecule has 0 heterocycles. The van der Waals surface area contributed by atoms with Crippen molar-refractivity contribution in [3.05, 3.63) is 6.92 Å². The van der Waals surface area contributed by atoms with Gasteiger partial charge in [0.25, 0.3) is 0 Å². The van der Waals surface area contributed by atoms with Gasteiger partial charge < -0.3 is 30.9 Å². The summed E-state index contributed by atoms with van der Waals surface area (Å²) in [6.07, 6.45) is 0. The summed E-state index contributed by atoms with van der Waals surface area (Å²) in [4.78, 5) is 0. The van der Waals surface area contributed by atoms with Gasteiger partial charge in [0.05, 0.1) is 0 Å².